The van der Waals surface area contributed by atoms with Crippen molar-refractivity contribution in [2.45, 2.75) is 32.4 Å². The molecule has 0 spiro atoms. The predicted octanol–water partition coefficient (Wildman–Crippen LogP) is 3.15. The number of nitrogens with zero attached hydrogens (tertiary/aromatic N) is 2. The Labute approximate surface area is 136 Å². The van der Waals surface area contributed by atoms with Gasteiger partial charge < -0.3 is 15.4 Å². The lowest BCUT2D eigenvalue weighted by atomic mass is 10.1. The first-order valence-electron chi connectivity index (χ1n) is 7.49. The third kappa shape index (κ3) is 5.94. The van der Waals surface area contributed by atoms with Crippen LogP contribution in [-0.2, 0) is 4.74 Å². The number of carbonyl (C=O) groups is 1. The Morgan fingerprint density at radius 3 is 2.39 bits per heavy atom. The smallest absolute Gasteiger partial charge is 0.408 e. The molecule has 0 aliphatic rings. The molecule has 1 amide bonds. The average Bonchev–Trinajstić information content (AvgIpc) is 2.51. The van der Waals surface area contributed by atoms with Crippen LogP contribution >= 0.6 is 0 Å². The summed E-state index contributed by atoms with van der Waals surface area (Å²) in [5, 5.41) is 5.88. The highest BCUT2D eigenvalue weighted by Crippen LogP contribution is 2.18. The molecule has 1 atom stereocenters. The highest BCUT2D eigenvalue weighted by Gasteiger charge is 2.20. The average molecular weight is 314 g/mol. The standard InChI is InChI=1S/C17H22N4O2/c1-17(2,3)21-16(22)23-14(13-8-5-4-6-9-13)12-20-15-18-10-7-11-19-15/h4-11,14H,12H2,1-3H3,(H,21,22)(H,18,19,20)/t14-/m0/s1. The van der Waals surface area contributed by atoms with Crippen molar-refractivity contribution < 1.29 is 9.53 Å². The maximum absolute atomic E-state index is 12.1. The number of rotatable bonds is 5. The summed E-state index contributed by atoms with van der Waals surface area (Å²) in [7, 11) is 0. The molecule has 1 heterocycles. The molecule has 0 fully saturated rings. The third-order valence-corrected chi connectivity index (χ3v) is 2.91. The van der Waals surface area contributed by atoms with Crippen LogP contribution in [0.15, 0.2) is 48.8 Å². The molecule has 6 heteroatoms. The van der Waals surface area contributed by atoms with E-state index in [0.29, 0.717) is 12.5 Å². The zero-order valence-corrected chi connectivity index (χ0v) is 13.6. The zero-order chi connectivity index (χ0) is 16.7. The van der Waals surface area contributed by atoms with Gasteiger partial charge in [-0.15, -0.1) is 0 Å². The maximum atomic E-state index is 12.1. The van der Waals surface area contributed by atoms with Crippen molar-refractivity contribution in [3.8, 4) is 0 Å². The Kier molecular flexibility index (Phi) is 5.51. The number of ether oxygens (including phenoxy) is 1. The van der Waals surface area contributed by atoms with Gasteiger partial charge in [0.05, 0.1) is 6.54 Å². The largest absolute Gasteiger partial charge is 0.439 e. The van der Waals surface area contributed by atoms with Gasteiger partial charge in [0.2, 0.25) is 5.95 Å². The molecule has 2 N–H and O–H groups in total. The molecule has 0 radical (unpaired) electrons. The van der Waals surface area contributed by atoms with Gasteiger partial charge in [0.15, 0.2) is 0 Å². The minimum Gasteiger partial charge on any atom is -0.439 e. The van der Waals surface area contributed by atoms with Gasteiger partial charge in [-0.2, -0.15) is 0 Å². The van der Waals surface area contributed by atoms with E-state index in [4.69, 9.17) is 4.74 Å². The molecular weight excluding hydrogens is 292 g/mol. The fraction of sp³-hybridized carbons (Fsp3) is 0.353. The molecule has 23 heavy (non-hydrogen) atoms. The number of aromatic nitrogens is 2. The van der Waals surface area contributed by atoms with Crippen LogP contribution in [0.1, 0.15) is 32.4 Å². The quantitative estimate of drug-likeness (QED) is 0.886. The van der Waals surface area contributed by atoms with Crippen molar-refractivity contribution in [1.29, 1.82) is 0 Å². The molecule has 0 aliphatic carbocycles. The van der Waals surface area contributed by atoms with Crippen LogP contribution in [0.5, 0.6) is 0 Å². The monoisotopic (exact) mass is 314 g/mol. The number of carbonyl (C=O) groups excluding carboxylic acids is 1. The van der Waals surface area contributed by atoms with Gasteiger partial charge in [0.1, 0.15) is 6.10 Å². The van der Waals surface area contributed by atoms with E-state index in [0.717, 1.165) is 5.56 Å². The summed E-state index contributed by atoms with van der Waals surface area (Å²) in [4.78, 5) is 20.3. The van der Waals surface area contributed by atoms with Crippen molar-refractivity contribution in [3.63, 3.8) is 0 Å². The molecular formula is C17H22N4O2. The normalized spacial score (nSPS) is 12.3. The van der Waals surface area contributed by atoms with Crippen molar-refractivity contribution in [2.75, 3.05) is 11.9 Å². The Morgan fingerprint density at radius 2 is 1.78 bits per heavy atom. The highest BCUT2D eigenvalue weighted by atomic mass is 16.6. The second-order valence-electron chi connectivity index (χ2n) is 6.13. The zero-order valence-electron chi connectivity index (χ0n) is 13.6. The molecule has 122 valence electrons. The van der Waals surface area contributed by atoms with Gasteiger partial charge in [-0.3, -0.25) is 0 Å². The molecule has 6 nitrogen and oxygen atoms in total. The van der Waals surface area contributed by atoms with Crippen LogP contribution in [-0.4, -0.2) is 28.1 Å². The number of hydrogen-bond donors (Lipinski definition) is 2. The summed E-state index contributed by atoms with van der Waals surface area (Å²) in [6.07, 6.45) is 2.41. The van der Waals surface area contributed by atoms with Gasteiger partial charge in [0, 0.05) is 17.9 Å². The van der Waals surface area contributed by atoms with E-state index in [9.17, 15) is 4.79 Å². The van der Waals surface area contributed by atoms with Crippen LogP contribution < -0.4 is 10.6 Å². The molecule has 0 aliphatic heterocycles. The van der Waals surface area contributed by atoms with E-state index in [2.05, 4.69) is 20.6 Å². The molecule has 2 rings (SSSR count). The fourth-order valence-electron chi connectivity index (χ4n) is 1.93. The summed E-state index contributed by atoms with van der Waals surface area (Å²) in [6.45, 7) is 6.09. The van der Waals surface area contributed by atoms with Gasteiger partial charge in [-0.05, 0) is 32.4 Å². The van der Waals surface area contributed by atoms with Gasteiger partial charge in [-0.1, -0.05) is 30.3 Å². The summed E-state index contributed by atoms with van der Waals surface area (Å²) >= 11 is 0. The van der Waals surface area contributed by atoms with Crippen LogP contribution in [0.2, 0.25) is 0 Å². The number of amides is 1. The van der Waals surface area contributed by atoms with Crippen molar-refractivity contribution in [3.05, 3.63) is 54.4 Å². The minimum absolute atomic E-state index is 0.353. The second-order valence-corrected chi connectivity index (χ2v) is 6.13. The van der Waals surface area contributed by atoms with E-state index >= 15 is 0 Å². The molecule has 1 aromatic carbocycles. The fourth-order valence-corrected chi connectivity index (χ4v) is 1.93. The van der Waals surface area contributed by atoms with E-state index in [1.54, 1.807) is 18.5 Å². The third-order valence-electron chi connectivity index (χ3n) is 2.91. The van der Waals surface area contributed by atoms with Gasteiger partial charge in [-0.25, -0.2) is 14.8 Å². The number of hydrogen-bond acceptors (Lipinski definition) is 5. The summed E-state index contributed by atoms with van der Waals surface area (Å²) in [5.41, 5.74) is 0.550. The Balaban J connectivity index is 2.05. The summed E-state index contributed by atoms with van der Waals surface area (Å²) in [6, 6.07) is 11.3. The van der Waals surface area contributed by atoms with E-state index in [1.807, 2.05) is 51.1 Å². The van der Waals surface area contributed by atoms with Crippen LogP contribution in [0, 0.1) is 0 Å². The van der Waals surface area contributed by atoms with Crippen molar-refractivity contribution in [2.24, 2.45) is 0 Å². The Bertz CT molecular complexity index is 611. The van der Waals surface area contributed by atoms with E-state index in [1.165, 1.54) is 0 Å². The maximum Gasteiger partial charge on any atom is 0.408 e. The molecule has 0 saturated carbocycles. The van der Waals surface area contributed by atoms with Crippen LogP contribution in [0.3, 0.4) is 0 Å². The van der Waals surface area contributed by atoms with Crippen LogP contribution in [0.25, 0.3) is 0 Å². The van der Waals surface area contributed by atoms with E-state index in [-0.39, 0.29) is 5.54 Å². The minimum atomic E-state index is -0.456. The highest BCUT2D eigenvalue weighted by molar-refractivity contribution is 5.68. The predicted molar refractivity (Wildman–Crippen MR) is 89.1 cm³/mol. The SMILES string of the molecule is CC(C)(C)NC(=O)O[C@@H](CNc1ncccn1)c1ccccc1. The molecule has 0 bridgehead atoms. The lowest BCUT2D eigenvalue weighted by molar-refractivity contribution is 0.0969. The first-order chi connectivity index (χ1) is 10.9. The Hall–Kier alpha value is -2.63. The lowest BCUT2D eigenvalue weighted by Gasteiger charge is -2.24. The first kappa shape index (κ1) is 16.7. The molecule has 1 aromatic heterocycles. The van der Waals surface area contributed by atoms with Gasteiger partial charge in [0.25, 0.3) is 0 Å². The first-order valence-corrected chi connectivity index (χ1v) is 7.49. The number of nitrogens with one attached hydrogen (secondary N) is 2. The van der Waals surface area contributed by atoms with Crippen LogP contribution in [0.4, 0.5) is 10.7 Å². The summed E-state index contributed by atoms with van der Waals surface area (Å²) < 4.78 is 5.57. The second kappa shape index (κ2) is 7.58. The van der Waals surface area contributed by atoms with Gasteiger partial charge >= 0.3 is 6.09 Å². The summed E-state index contributed by atoms with van der Waals surface area (Å²) in [5.74, 6) is 0.494. The number of alkyl carbamates (subject to hydrolysis) is 1. The van der Waals surface area contributed by atoms with Crippen molar-refractivity contribution in [1.82, 2.24) is 15.3 Å². The molecule has 0 unspecified atom stereocenters. The molecule has 0 saturated heterocycles. The Morgan fingerprint density at radius 1 is 1.13 bits per heavy atom. The number of benzene rings is 1. The van der Waals surface area contributed by atoms with E-state index < -0.39 is 12.2 Å². The lowest BCUT2D eigenvalue weighted by Crippen LogP contribution is -2.41. The topological polar surface area (TPSA) is 76.1 Å². The molecule has 2 aromatic rings. The van der Waals surface area contributed by atoms with Crippen molar-refractivity contribution >= 4 is 12.0 Å². The number of anilines is 1.